The van der Waals surface area contributed by atoms with Crippen LogP contribution in [0.3, 0.4) is 0 Å². The minimum absolute atomic E-state index is 0.0598. The average molecular weight is 1600 g/mol. The van der Waals surface area contributed by atoms with Gasteiger partial charge in [0.25, 0.3) is 5.91 Å². The van der Waals surface area contributed by atoms with Crippen LogP contribution in [-0.4, -0.2) is 226 Å². The Labute approximate surface area is 664 Å². The van der Waals surface area contributed by atoms with E-state index in [2.05, 4.69) is 71.9 Å². The molecule has 4 aromatic carbocycles. The number of anilines is 1. The number of carbonyl (C=O) groups is 10. The van der Waals surface area contributed by atoms with Crippen molar-refractivity contribution in [1.82, 2.24) is 41.6 Å². The fourth-order valence-corrected chi connectivity index (χ4v) is 22.5. The number of hydrogen-bond acceptors (Lipinski definition) is 22. The van der Waals surface area contributed by atoms with Crippen LogP contribution in [0.5, 0.6) is 5.75 Å². The molecule has 7 aliphatic rings. The predicted octanol–water partition coefficient (Wildman–Crippen LogP) is 7.44. The maximum absolute atomic E-state index is 15.6. The lowest BCUT2D eigenvalue weighted by molar-refractivity contribution is -0.204. The molecular formula is C83H105N9O17S3. The molecule has 1 unspecified atom stereocenters. The zero-order chi connectivity index (χ0) is 80.2. The second kappa shape index (κ2) is 34.8. The number of nitrogens with zero attached hydrogens (tertiary/aromatic N) is 3. The van der Waals surface area contributed by atoms with Crippen LogP contribution in [0.2, 0.25) is 0 Å². The Morgan fingerprint density at radius 2 is 1.49 bits per heavy atom. The zero-order valence-electron chi connectivity index (χ0n) is 64.9. The highest BCUT2D eigenvalue weighted by Gasteiger charge is 2.79. The molecule has 1 aromatic heterocycles. The minimum Gasteiger partial charge on any atom is -0.496 e. The fraction of sp³-hybridized carbons (Fsp3) is 0.542. The Bertz CT molecular complexity index is 4420. The Morgan fingerprint density at radius 1 is 0.777 bits per heavy atom. The first kappa shape index (κ1) is 83.1. The largest absolute Gasteiger partial charge is 0.496 e. The number of benzene rings is 4. The lowest BCUT2D eigenvalue weighted by Crippen LogP contribution is -2.82. The van der Waals surface area contributed by atoms with Gasteiger partial charge >= 0.3 is 18.0 Å². The van der Waals surface area contributed by atoms with Crippen molar-refractivity contribution in [2.75, 3.05) is 95.1 Å². The Balaban J connectivity index is 0.695. The first-order valence-electron chi connectivity index (χ1n) is 38.9. The van der Waals surface area contributed by atoms with Crippen LogP contribution in [0.15, 0.2) is 97.1 Å². The molecule has 3 fully saturated rings. The Morgan fingerprint density at radius 3 is 2.19 bits per heavy atom. The summed E-state index contributed by atoms with van der Waals surface area (Å²) in [4.78, 5) is 146. The number of hydrazine groups is 1. The van der Waals surface area contributed by atoms with E-state index < -0.39 is 130 Å². The summed E-state index contributed by atoms with van der Waals surface area (Å²) in [5.74, 6) is -6.29. The van der Waals surface area contributed by atoms with Crippen molar-refractivity contribution >= 4 is 109 Å². The van der Waals surface area contributed by atoms with E-state index in [1.165, 1.54) is 71.7 Å². The third kappa shape index (κ3) is 16.0. The summed E-state index contributed by atoms with van der Waals surface area (Å²) < 4.78 is 18.0. The van der Waals surface area contributed by atoms with Crippen LogP contribution < -0.4 is 36.4 Å². The number of ether oxygens (including phenoxy) is 3. The van der Waals surface area contributed by atoms with E-state index in [4.69, 9.17) is 14.2 Å². The van der Waals surface area contributed by atoms with Crippen molar-refractivity contribution in [1.29, 1.82) is 0 Å². The maximum atomic E-state index is 15.6. The number of hydrogen-bond donors (Lipinski definition) is 10. The van der Waals surface area contributed by atoms with Crippen LogP contribution in [0.25, 0.3) is 22.0 Å². The van der Waals surface area contributed by atoms with Crippen molar-refractivity contribution in [2.24, 2.45) is 23.2 Å². The Kier molecular flexibility index (Phi) is 25.8. The number of H-pyrrole nitrogens is 1. The van der Waals surface area contributed by atoms with Crippen LogP contribution >= 0.6 is 33.3 Å². The molecule has 2 aliphatic carbocycles. The summed E-state index contributed by atoms with van der Waals surface area (Å²) in [5, 5.41) is 57.8. The number of methoxy groups -OCH3 is 2. The van der Waals surface area contributed by atoms with Gasteiger partial charge in [-0.05, 0) is 117 Å². The molecule has 2 bridgehead atoms. The maximum Gasteiger partial charge on any atom is 0.426 e. The molecule has 5 aliphatic heterocycles. The van der Waals surface area contributed by atoms with Gasteiger partial charge in [-0.15, -0.1) is 0 Å². The number of likely N-dealkylation sites (N-methyl/N-ethyl adjacent to an activating group) is 1. The van der Waals surface area contributed by atoms with Gasteiger partial charge in [0.1, 0.15) is 35.7 Å². The number of amides is 5. The van der Waals surface area contributed by atoms with E-state index in [9.17, 15) is 58.8 Å². The molecule has 602 valence electrons. The monoisotopic (exact) mass is 1600 g/mol. The van der Waals surface area contributed by atoms with Crippen LogP contribution in [0, 0.1) is 23.2 Å². The number of aromatic nitrogens is 1. The van der Waals surface area contributed by atoms with E-state index in [-0.39, 0.29) is 74.5 Å². The fourth-order valence-electron chi connectivity index (χ4n) is 19.5. The topological polar surface area (TPSA) is 365 Å². The van der Waals surface area contributed by atoms with Gasteiger partial charge in [-0.1, -0.05) is 121 Å². The van der Waals surface area contributed by atoms with Gasteiger partial charge in [-0.25, -0.2) is 10.2 Å². The van der Waals surface area contributed by atoms with Crippen molar-refractivity contribution < 1.29 is 82.6 Å². The molecule has 10 N–H and O–H groups in total. The molecule has 2 saturated heterocycles. The highest BCUT2D eigenvalue weighted by molar-refractivity contribution is 8.76. The zero-order valence-corrected chi connectivity index (χ0v) is 67.3. The second-order valence-electron chi connectivity index (χ2n) is 31.5. The van der Waals surface area contributed by atoms with E-state index >= 15 is 9.59 Å². The number of rotatable bonds is 33. The summed E-state index contributed by atoms with van der Waals surface area (Å²) in [6, 6.07) is 24.3. The number of aliphatic hydroxyl groups excluding tert-OH is 1. The van der Waals surface area contributed by atoms with Crippen LogP contribution in [0.4, 0.5) is 10.5 Å². The number of para-hydroxylation sites is 1. The van der Waals surface area contributed by atoms with Crippen molar-refractivity contribution in [3.8, 4) is 16.9 Å². The first-order chi connectivity index (χ1) is 53.6. The molecule has 1 spiro atoms. The van der Waals surface area contributed by atoms with Gasteiger partial charge in [0, 0.05) is 151 Å². The third-order valence-electron chi connectivity index (χ3n) is 24.7. The first-order valence-corrected chi connectivity index (χ1v) is 42.6. The smallest absolute Gasteiger partial charge is 0.426 e. The molecule has 112 heavy (non-hydrogen) atoms. The third-order valence-corrected chi connectivity index (χ3v) is 28.2. The number of piperidine rings is 1. The van der Waals surface area contributed by atoms with Gasteiger partial charge in [-0.2, -0.15) is 11.8 Å². The molecule has 1 saturated carbocycles. The molecule has 6 heterocycles. The minimum atomic E-state index is -2.64. The predicted molar refractivity (Wildman–Crippen MR) is 429 cm³/mol. The van der Waals surface area contributed by atoms with Gasteiger partial charge in [0.15, 0.2) is 17.2 Å². The number of aromatic amines is 1. The summed E-state index contributed by atoms with van der Waals surface area (Å²) in [6.07, 6.45) is 2.43. The molecule has 12 rings (SSSR count). The number of nitrogens with one attached hydrogen (secondary N) is 6. The number of thioether (sulfide) groups is 1. The van der Waals surface area contributed by atoms with Crippen LogP contribution in [0.1, 0.15) is 145 Å². The average Bonchev–Trinajstić information content (AvgIpc) is 1.49. The van der Waals surface area contributed by atoms with Crippen LogP contribution in [-0.2, 0) is 69.9 Å². The molecule has 29 heteroatoms. The number of ketones is 3. The number of carboxylic acid groups (broad SMARTS) is 1. The van der Waals surface area contributed by atoms with E-state index in [0.29, 0.717) is 99.0 Å². The molecule has 5 amide bonds. The van der Waals surface area contributed by atoms with E-state index in [1.54, 1.807) is 25.9 Å². The van der Waals surface area contributed by atoms with Gasteiger partial charge in [0.05, 0.1) is 44.2 Å². The number of carboxylic acids is 1. The highest BCUT2D eigenvalue weighted by Crippen LogP contribution is 2.68. The number of carbonyl (C=O) groups excluding carboxylic acids is 9. The van der Waals surface area contributed by atoms with Crippen molar-refractivity contribution in [2.45, 2.75) is 170 Å². The number of aliphatic carboxylic acids is 1. The second-order valence-corrected chi connectivity index (χ2v) is 35.3. The summed E-state index contributed by atoms with van der Waals surface area (Å²) in [7, 11) is 7.39. The highest BCUT2D eigenvalue weighted by atomic mass is 33.1. The number of fused-ring (bicyclic) bond motifs is 9. The standard InChI is InChI=1S/C83H105N9O17S3/c1-9-79(105)42-51-43-82(77(103)108-8,70-58(26-31-91(45-51)47-79)57-23-15-16-24-62(57)86-70)61-40-60-64(41-67(61)107-7)90(6)74-81(60)29-32-92-30-18-28-80(10-2,73(81)92)75(101)83(74,106)76(102)88-89-78(104)109-33-36-112-111-34-17-25-65(94)63(87-72(100)52(39-69(97)98)38-66(95)50(5)85-71(99)48(3)37-49(4)93)44-84-68(96)27-35-110-46-59-55-21-13-11-19-53(55)54-20-12-14-22-56(54)59/h11-16,18-24,28,40-41,48,50-52,59,63,73-75,86,101,105-106H,9-10,17,25-27,29-39,42-47H2,1-8H3,(H,84,96)(H,85,99)(H,87,100)(H,88,102)(H,89,104)(H,97,98)/t48-,50+,51-,52+,63+,73+,74-,75-,79+,80-,81-,82+,83+/m1/s1. The van der Waals surface area contributed by atoms with Crippen molar-refractivity contribution in [3.63, 3.8) is 0 Å². The van der Waals surface area contributed by atoms with E-state index in [0.717, 1.165) is 27.8 Å². The number of aliphatic hydroxyl groups is 3. The van der Waals surface area contributed by atoms with E-state index in [1.807, 2.05) is 85.5 Å². The van der Waals surface area contributed by atoms with Crippen molar-refractivity contribution in [3.05, 3.63) is 131 Å². The number of esters is 1. The number of Topliss-reactive ketones (excluding diaryl/α,β-unsaturated/α-hetero) is 3. The Hall–Kier alpha value is -8.29. The molecular weight excluding hydrogens is 1490 g/mol. The summed E-state index contributed by atoms with van der Waals surface area (Å²) >= 11 is 1.61. The summed E-state index contributed by atoms with van der Waals surface area (Å²) in [6.45, 7) is 10.5. The lowest BCUT2D eigenvalue weighted by atomic mass is 9.47. The normalized spacial score (nSPS) is 26.3. The summed E-state index contributed by atoms with van der Waals surface area (Å²) in [5.41, 5.74) is 6.35. The van der Waals surface area contributed by atoms with Gasteiger partial charge in [0.2, 0.25) is 17.7 Å². The molecule has 14 atom stereocenters. The molecule has 26 nitrogen and oxygen atoms in total. The van der Waals surface area contributed by atoms with Gasteiger partial charge < -0.3 is 65.3 Å². The SMILES string of the molecule is CC[C@]1(O)C[C@H]2CN(CCc3c([nH]c4ccccc34)[C@@](C(=O)OC)(c3cc4c(cc3OC)N(C)[C@H]3[C@@](O)(C(=O)NNC(=O)OCCSSCCCC(=O)[C@H](CNC(=O)CCSCC5c6ccccc6-c6ccccc65)NC(=O)[C@H](CC(=O)O)CC(=O)[C@H](C)NC(=O)[C@H](C)CC(C)=O)[C@H](O)[C@]5(CC)C=CCN6CC[C@]43[C@@H]65)C2)C1. The molecule has 5 aromatic rings. The molecule has 0 radical (unpaired) electrons. The van der Waals surface area contributed by atoms with Gasteiger partial charge in [-0.3, -0.25) is 53.6 Å². The quantitative estimate of drug-likeness (QED) is 0.00641. The lowest BCUT2D eigenvalue weighted by Gasteiger charge is -2.63.